The molecule has 3 N–H and O–H groups in total. The Labute approximate surface area is 143 Å². The second kappa shape index (κ2) is 7.16. The highest BCUT2D eigenvalue weighted by atomic mass is 16.2. The molecular formula is C20H25N3O. The van der Waals surface area contributed by atoms with Crippen LogP contribution in [0, 0.1) is 6.92 Å². The minimum atomic E-state index is -0.203. The number of carbonyl (C=O) groups excluding carboxylic acids is 1. The van der Waals surface area contributed by atoms with Crippen LogP contribution in [0.3, 0.4) is 0 Å². The van der Waals surface area contributed by atoms with Gasteiger partial charge in [0.1, 0.15) is 0 Å². The molecule has 2 aromatic carbocycles. The van der Waals surface area contributed by atoms with Gasteiger partial charge in [-0.05, 0) is 37.1 Å². The van der Waals surface area contributed by atoms with Gasteiger partial charge >= 0.3 is 0 Å². The lowest BCUT2D eigenvalue weighted by Gasteiger charge is -2.23. The van der Waals surface area contributed by atoms with E-state index in [0.29, 0.717) is 0 Å². The molecule has 0 bridgehead atoms. The molecule has 0 aliphatic carbocycles. The van der Waals surface area contributed by atoms with E-state index in [1.54, 1.807) is 0 Å². The number of anilines is 1. The Hall–Kier alpha value is -2.17. The van der Waals surface area contributed by atoms with Crippen LogP contribution >= 0.6 is 0 Å². The normalized spacial score (nSPS) is 22.3. The van der Waals surface area contributed by atoms with E-state index in [1.807, 2.05) is 56.3 Å². The van der Waals surface area contributed by atoms with E-state index in [4.69, 9.17) is 5.73 Å². The Bertz CT molecular complexity index is 701. The Kier molecular flexibility index (Phi) is 4.97. The number of benzene rings is 2. The maximum atomic E-state index is 12.6. The number of nitrogens with zero attached hydrogens (tertiary/aromatic N) is 1. The SMILES string of the molecule is Cc1cccc(NC(=O)C(C)N2C[C@@H](N)[C@H](c3ccccc3)C2)c1. The summed E-state index contributed by atoms with van der Waals surface area (Å²) in [5.41, 5.74) is 9.56. The van der Waals surface area contributed by atoms with E-state index >= 15 is 0 Å². The van der Waals surface area contributed by atoms with Crippen LogP contribution in [0.4, 0.5) is 5.69 Å². The summed E-state index contributed by atoms with van der Waals surface area (Å²) in [5.74, 6) is 0.293. The van der Waals surface area contributed by atoms with Gasteiger partial charge < -0.3 is 11.1 Å². The monoisotopic (exact) mass is 323 g/mol. The second-order valence-electron chi connectivity index (χ2n) is 6.67. The summed E-state index contributed by atoms with van der Waals surface area (Å²) in [6, 6.07) is 18.0. The van der Waals surface area contributed by atoms with E-state index in [0.717, 1.165) is 24.3 Å². The number of rotatable bonds is 4. The van der Waals surface area contributed by atoms with Gasteiger partial charge in [0.05, 0.1) is 6.04 Å². The van der Waals surface area contributed by atoms with Crippen molar-refractivity contribution in [1.82, 2.24) is 4.90 Å². The number of likely N-dealkylation sites (tertiary alicyclic amines) is 1. The van der Waals surface area contributed by atoms with Crippen molar-refractivity contribution in [1.29, 1.82) is 0 Å². The molecule has 1 saturated heterocycles. The fourth-order valence-electron chi connectivity index (χ4n) is 3.37. The molecule has 1 fully saturated rings. The van der Waals surface area contributed by atoms with Gasteiger partial charge in [0.15, 0.2) is 0 Å². The summed E-state index contributed by atoms with van der Waals surface area (Å²) < 4.78 is 0. The summed E-state index contributed by atoms with van der Waals surface area (Å²) in [4.78, 5) is 14.7. The minimum absolute atomic E-state index is 0.0153. The highest BCUT2D eigenvalue weighted by Gasteiger charge is 2.35. The lowest BCUT2D eigenvalue weighted by molar-refractivity contribution is -0.120. The van der Waals surface area contributed by atoms with Crippen LogP contribution in [-0.2, 0) is 4.79 Å². The van der Waals surface area contributed by atoms with Gasteiger partial charge in [-0.25, -0.2) is 0 Å². The lowest BCUT2D eigenvalue weighted by atomic mass is 9.95. The highest BCUT2D eigenvalue weighted by molar-refractivity contribution is 5.94. The lowest BCUT2D eigenvalue weighted by Crippen LogP contribution is -2.41. The molecule has 0 aromatic heterocycles. The molecule has 126 valence electrons. The van der Waals surface area contributed by atoms with Crippen LogP contribution in [0.1, 0.15) is 24.0 Å². The summed E-state index contributed by atoms with van der Waals surface area (Å²) in [6.45, 7) is 5.52. The summed E-state index contributed by atoms with van der Waals surface area (Å²) in [6.07, 6.45) is 0. The van der Waals surface area contributed by atoms with Gasteiger partial charge in [0, 0.05) is 30.7 Å². The largest absolute Gasteiger partial charge is 0.326 e. The van der Waals surface area contributed by atoms with Crippen molar-refractivity contribution in [2.45, 2.75) is 31.8 Å². The molecule has 24 heavy (non-hydrogen) atoms. The molecule has 2 aromatic rings. The molecule has 3 rings (SSSR count). The topological polar surface area (TPSA) is 58.4 Å². The molecule has 0 radical (unpaired) electrons. The molecule has 4 heteroatoms. The Morgan fingerprint density at radius 3 is 2.62 bits per heavy atom. The van der Waals surface area contributed by atoms with E-state index in [9.17, 15) is 4.79 Å². The van der Waals surface area contributed by atoms with Crippen molar-refractivity contribution < 1.29 is 4.79 Å². The third kappa shape index (κ3) is 3.66. The van der Waals surface area contributed by atoms with Crippen LogP contribution in [0.15, 0.2) is 54.6 Å². The molecule has 4 nitrogen and oxygen atoms in total. The predicted octanol–water partition coefficient (Wildman–Crippen LogP) is 2.75. The quantitative estimate of drug-likeness (QED) is 0.909. The van der Waals surface area contributed by atoms with Crippen molar-refractivity contribution in [3.05, 3.63) is 65.7 Å². The van der Waals surface area contributed by atoms with E-state index in [1.165, 1.54) is 5.56 Å². The first-order chi connectivity index (χ1) is 11.5. The number of nitrogens with one attached hydrogen (secondary N) is 1. The molecule has 1 unspecified atom stereocenters. The molecule has 1 amide bonds. The van der Waals surface area contributed by atoms with E-state index in [2.05, 4.69) is 22.3 Å². The van der Waals surface area contributed by atoms with Gasteiger partial charge in [0.25, 0.3) is 0 Å². The standard InChI is InChI=1S/C20H25N3O/c1-14-7-6-10-17(11-14)22-20(24)15(2)23-12-18(19(21)13-23)16-8-4-3-5-9-16/h3-11,15,18-19H,12-13,21H2,1-2H3,(H,22,24)/t15?,18-,19+/m0/s1. The van der Waals surface area contributed by atoms with Gasteiger partial charge in [-0.15, -0.1) is 0 Å². The van der Waals surface area contributed by atoms with E-state index in [-0.39, 0.29) is 23.9 Å². The predicted molar refractivity (Wildman–Crippen MR) is 98.0 cm³/mol. The third-order valence-electron chi connectivity index (χ3n) is 4.83. The highest BCUT2D eigenvalue weighted by Crippen LogP contribution is 2.27. The number of hydrogen-bond donors (Lipinski definition) is 2. The van der Waals surface area contributed by atoms with E-state index < -0.39 is 0 Å². The molecule has 0 saturated carbocycles. The summed E-state index contributed by atoms with van der Waals surface area (Å²) in [5, 5.41) is 3.01. The fourth-order valence-corrected chi connectivity index (χ4v) is 3.37. The van der Waals surface area contributed by atoms with Crippen LogP contribution in [0.25, 0.3) is 0 Å². The maximum Gasteiger partial charge on any atom is 0.241 e. The van der Waals surface area contributed by atoms with Crippen molar-refractivity contribution in [3.63, 3.8) is 0 Å². The molecule has 1 heterocycles. The van der Waals surface area contributed by atoms with Gasteiger partial charge in [-0.2, -0.15) is 0 Å². The van der Waals surface area contributed by atoms with Crippen molar-refractivity contribution in [2.75, 3.05) is 18.4 Å². The molecule has 1 aliphatic heterocycles. The molecule has 3 atom stereocenters. The zero-order valence-corrected chi connectivity index (χ0v) is 14.3. The average molecular weight is 323 g/mol. The summed E-state index contributed by atoms with van der Waals surface area (Å²) >= 11 is 0. The molecular weight excluding hydrogens is 298 g/mol. The number of aryl methyl sites for hydroxylation is 1. The zero-order chi connectivity index (χ0) is 17.1. The zero-order valence-electron chi connectivity index (χ0n) is 14.3. The van der Waals surface area contributed by atoms with Gasteiger partial charge in [-0.3, -0.25) is 9.69 Å². The average Bonchev–Trinajstić information content (AvgIpc) is 2.96. The Morgan fingerprint density at radius 2 is 1.92 bits per heavy atom. The van der Waals surface area contributed by atoms with Crippen molar-refractivity contribution >= 4 is 11.6 Å². The van der Waals surface area contributed by atoms with Gasteiger partial charge in [-0.1, -0.05) is 42.5 Å². The smallest absolute Gasteiger partial charge is 0.241 e. The van der Waals surface area contributed by atoms with Crippen LogP contribution < -0.4 is 11.1 Å². The number of carbonyl (C=O) groups is 1. The minimum Gasteiger partial charge on any atom is -0.326 e. The first-order valence-electron chi connectivity index (χ1n) is 8.46. The van der Waals surface area contributed by atoms with Crippen LogP contribution in [0.5, 0.6) is 0 Å². The maximum absolute atomic E-state index is 12.6. The number of nitrogens with two attached hydrogens (primary N) is 1. The number of hydrogen-bond acceptors (Lipinski definition) is 3. The Morgan fingerprint density at radius 1 is 1.17 bits per heavy atom. The fraction of sp³-hybridized carbons (Fsp3) is 0.350. The van der Waals surface area contributed by atoms with Crippen molar-refractivity contribution in [3.8, 4) is 0 Å². The third-order valence-corrected chi connectivity index (χ3v) is 4.83. The van der Waals surface area contributed by atoms with Crippen LogP contribution in [-0.4, -0.2) is 36.0 Å². The molecule has 0 spiro atoms. The first-order valence-corrected chi connectivity index (χ1v) is 8.46. The number of amides is 1. The van der Waals surface area contributed by atoms with Crippen LogP contribution in [0.2, 0.25) is 0 Å². The van der Waals surface area contributed by atoms with Crippen molar-refractivity contribution in [2.24, 2.45) is 5.73 Å². The summed E-state index contributed by atoms with van der Waals surface area (Å²) in [7, 11) is 0. The molecule has 1 aliphatic rings. The second-order valence-corrected chi connectivity index (χ2v) is 6.67. The first kappa shape index (κ1) is 16.7. The Balaban J connectivity index is 1.65. The van der Waals surface area contributed by atoms with Gasteiger partial charge in [0.2, 0.25) is 5.91 Å².